The molecule has 0 unspecified atom stereocenters. The van der Waals surface area contributed by atoms with Crippen LogP contribution in [0.1, 0.15) is 23.2 Å². The highest BCUT2D eigenvalue weighted by Crippen LogP contribution is 2.24. The van der Waals surface area contributed by atoms with Gasteiger partial charge in [0.05, 0.1) is 7.11 Å². The predicted molar refractivity (Wildman–Crippen MR) is 78.5 cm³/mol. The van der Waals surface area contributed by atoms with Crippen LogP contribution in [0, 0.1) is 0 Å². The third-order valence-electron chi connectivity index (χ3n) is 3.88. The molecule has 4 nitrogen and oxygen atoms in total. The molecule has 0 saturated carbocycles. The van der Waals surface area contributed by atoms with Crippen molar-refractivity contribution in [3.8, 4) is 11.4 Å². The van der Waals surface area contributed by atoms with Crippen LogP contribution in [-0.4, -0.2) is 11.7 Å². The molecular formula is C16H18N2O2. The summed E-state index contributed by atoms with van der Waals surface area (Å²) in [7, 11) is 1.63. The maximum absolute atomic E-state index is 12.6. The Balaban J connectivity index is 2.21. The number of pyridine rings is 1. The van der Waals surface area contributed by atoms with E-state index in [4.69, 9.17) is 10.5 Å². The Kier molecular flexibility index (Phi) is 3.32. The summed E-state index contributed by atoms with van der Waals surface area (Å²) in [5.74, 6) is 0.786. The first kappa shape index (κ1) is 12.9. The molecule has 0 fully saturated rings. The van der Waals surface area contributed by atoms with Gasteiger partial charge in [0.15, 0.2) is 0 Å². The van der Waals surface area contributed by atoms with Crippen LogP contribution >= 0.6 is 0 Å². The first-order valence-corrected chi connectivity index (χ1v) is 6.85. The molecule has 1 aliphatic carbocycles. The van der Waals surface area contributed by atoms with Crippen molar-refractivity contribution in [3.05, 3.63) is 57.5 Å². The fourth-order valence-corrected chi connectivity index (χ4v) is 2.85. The summed E-state index contributed by atoms with van der Waals surface area (Å²) in [6.07, 6.45) is 3.07. The first-order valence-electron chi connectivity index (χ1n) is 6.85. The molecule has 1 aromatic carbocycles. The minimum absolute atomic E-state index is 0.00156. The zero-order chi connectivity index (χ0) is 14.1. The van der Waals surface area contributed by atoms with Crippen LogP contribution in [-0.2, 0) is 19.4 Å². The van der Waals surface area contributed by atoms with E-state index in [0.29, 0.717) is 5.56 Å². The van der Waals surface area contributed by atoms with Gasteiger partial charge in [-0.1, -0.05) is 0 Å². The monoisotopic (exact) mass is 270 g/mol. The largest absolute Gasteiger partial charge is 0.497 e. The van der Waals surface area contributed by atoms with Gasteiger partial charge in [0.1, 0.15) is 5.75 Å². The smallest absolute Gasteiger partial charge is 0.259 e. The van der Waals surface area contributed by atoms with Crippen LogP contribution in [0.25, 0.3) is 5.69 Å². The quantitative estimate of drug-likeness (QED) is 0.925. The molecule has 1 aromatic heterocycles. The number of rotatable bonds is 3. The maximum Gasteiger partial charge on any atom is 0.259 e. The number of methoxy groups -OCH3 is 1. The topological polar surface area (TPSA) is 57.2 Å². The van der Waals surface area contributed by atoms with E-state index < -0.39 is 0 Å². The standard InChI is InChI=1S/C16H18N2O2/c1-20-14-7-5-13(6-8-14)18-15-4-2-3-11(15)9-12(10-17)16(18)19/h5-9H,2-4,10,17H2,1H3. The number of aromatic nitrogens is 1. The summed E-state index contributed by atoms with van der Waals surface area (Å²) >= 11 is 0. The number of aryl methyl sites for hydroxylation is 1. The normalized spacial score (nSPS) is 13.3. The molecule has 2 N–H and O–H groups in total. The van der Waals surface area contributed by atoms with E-state index in [1.54, 1.807) is 7.11 Å². The van der Waals surface area contributed by atoms with Crippen molar-refractivity contribution < 1.29 is 4.74 Å². The Labute approximate surface area is 117 Å². The van der Waals surface area contributed by atoms with Crippen LogP contribution in [0.15, 0.2) is 35.1 Å². The number of hydrogen-bond acceptors (Lipinski definition) is 3. The molecule has 0 bridgehead atoms. The molecule has 1 aliphatic rings. The lowest BCUT2D eigenvalue weighted by Crippen LogP contribution is -2.27. The van der Waals surface area contributed by atoms with Gasteiger partial charge in [-0.05, 0) is 55.2 Å². The van der Waals surface area contributed by atoms with Crippen LogP contribution < -0.4 is 16.0 Å². The van der Waals surface area contributed by atoms with E-state index >= 15 is 0 Å². The molecule has 0 aliphatic heterocycles. The molecule has 0 saturated heterocycles. The molecule has 0 amide bonds. The second-order valence-corrected chi connectivity index (χ2v) is 5.04. The van der Waals surface area contributed by atoms with Gasteiger partial charge in [0.25, 0.3) is 5.56 Å². The Morgan fingerprint density at radius 2 is 2.00 bits per heavy atom. The minimum Gasteiger partial charge on any atom is -0.497 e. The number of nitrogens with zero attached hydrogens (tertiary/aromatic N) is 1. The molecule has 0 atom stereocenters. The van der Waals surface area contributed by atoms with Gasteiger partial charge < -0.3 is 10.5 Å². The molecule has 20 heavy (non-hydrogen) atoms. The molecule has 2 aromatic rings. The van der Waals surface area contributed by atoms with Crippen molar-refractivity contribution in [2.75, 3.05) is 7.11 Å². The Bertz CT molecular complexity index is 687. The van der Waals surface area contributed by atoms with Crippen molar-refractivity contribution in [3.63, 3.8) is 0 Å². The van der Waals surface area contributed by atoms with E-state index in [0.717, 1.165) is 36.4 Å². The lowest BCUT2D eigenvalue weighted by atomic mass is 10.1. The van der Waals surface area contributed by atoms with Crippen molar-refractivity contribution in [1.82, 2.24) is 4.57 Å². The van der Waals surface area contributed by atoms with Crippen molar-refractivity contribution in [2.45, 2.75) is 25.8 Å². The molecule has 4 heteroatoms. The van der Waals surface area contributed by atoms with Crippen LogP contribution in [0.3, 0.4) is 0 Å². The van der Waals surface area contributed by atoms with Crippen molar-refractivity contribution in [2.24, 2.45) is 5.73 Å². The second kappa shape index (κ2) is 5.13. The van der Waals surface area contributed by atoms with Gasteiger partial charge in [-0.3, -0.25) is 9.36 Å². The summed E-state index contributed by atoms with van der Waals surface area (Å²) in [5.41, 5.74) is 9.64. The fraction of sp³-hybridized carbons (Fsp3) is 0.312. The lowest BCUT2D eigenvalue weighted by molar-refractivity contribution is 0.414. The summed E-state index contributed by atoms with van der Waals surface area (Å²) in [5, 5.41) is 0. The highest BCUT2D eigenvalue weighted by atomic mass is 16.5. The number of ether oxygens (including phenoxy) is 1. The minimum atomic E-state index is -0.00156. The maximum atomic E-state index is 12.6. The summed E-state index contributed by atoms with van der Waals surface area (Å²) in [4.78, 5) is 12.6. The second-order valence-electron chi connectivity index (χ2n) is 5.04. The molecule has 0 radical (unpaired) electrons. The fourth-order valence-electron chi connectivity index (χ4n) is 2.85. The summed E-state index contributed by atoms with van der Waals surface area (Å²) in [6, 6.07) is 9.55. The zero-order valence-corrected chi connectivity index (χ0v) is 11.6. The zero-order valence-electron chi connectivity index (χ0n) is 11.6. The van der Waals surface area contributed by atoms with Gasteiger partial charge >= 0.3 is 0 Å². The molecule has 3 rings (SSSR count). The van der Waals surface area contributed by atoms with Crippen molar-refractivity contribution >= 4 is 0 Å². The Hall–Kier alpha value is -2.07. The Morgan fingerprint density at radius 1 is 1.25 bits per heavy atom. The SMILES string of the molecule is COc1ccc(-n2c3c(cc(CN)c2=O)CCC3)cc1. The Morgan fingerprint density at radius 3 is 2.65 bits per heavy atom. The van der Waals surface area contributed by atoms with Gasteiger partial charge in [0, 0.05) is 23.5 Å². The first-order chi connectivity index (χ1) is 9.74. The van der Waals surface area contributed by atoms with Gasteiger partial charge in [-0.25, -0.2) is 0 Å². The van der Waals surface area contributed by atoms with Gasteiger partial charge in [-0.2, -0.15) is 0 Å². The van der Waals surface area contributed by atoms with E-state index in [2.05, 4.69) is 0 Å². The van der Waals surface area contributed by atoms with Crippen LogP contribution in [0.4, 0.5) is 0 Å². The van der Waals surface area contributed by atoms with E-state index in [1.165, 1.54) is 5.56 Å². The van der Waals surface area contributed by atoms with E-state index in [9.17, 15) is 4.79 Å². The van der Waals surface area contributed by atoms with E-state index in [1.807, 2.05) is 34.9 Å². The number of hydrogen-bond donors (Lipinski definition) is 1. The number of fused-ring (bicyclic) bond motifs is 1. The highest BCUT2D eigenvalue weighted by molar-refractivity contribution is 5.43. The van der Waals surface area contributed by atoms with E-state index in [-0.39, 0.29) is 12.1 Å². The third-order valence-corrected chi connectivity index (χ3v) is 3.88. The molecule has 1 heterocycles. The molecule has 104 valence electrons. The van der Waals surface area contributed by atoms with Gasteiger partial charge in [0.2, 0.25) is 0 Å². The highest BCUT2D eigenvalue weighted by Gasteiger charge is 2.19. The van der Waals surface area contributed by atoms with Gasteiger partial charge in [-0.15, -0.1) is 0 Å². The average Bonchev–Trinajstić information content (AvgIpc) is 2.94. The number of nitrogens with two attached hydrogens (primary N) is 1. The third kappa shape index (κ3) is 2.02. The predicted octanol–water partition coefficient (Wildman–Crippen LogP) is 1.79. The van der Waals surface area contributed by atoms with Crippen LogP contribution in [0.2, 0.25) is 0 Å². The average molecular weight is 270 g/mol. The molecular weight excluding hydrogens is 252 g/mol. The van der Waals surface area contributed by atoms with Crippen molar-refractivity contribution in [1.29, 1.82) is 0 Å². The summed E-state index contributed by atoms with van der Waals surface area (Å²) < 4.78 is 6.97. The number of benzene rings is 1. The summed E-state index contributed by atoms with van der Waals surface area (Å²) in [6.45, 7) is 0.280. The lowest BCUT2D eigenvalue weighted by Gasteiger charge is -2.14. The van der Waals surface area contributed by atoms with Crippen LogP contribution in [0.5, 0.6) is 5.75 Å². The molecule has 0 spiro atoms.